The molecule has 8 heteroatoms. The number of hydrogen-bond donors (Lipinski definition) is 0. The summed E-state index contributed by atoms with van der Waals surface area (Å²) in [6.07, 6.45) is 7.16. The summed E-state index contributed by atoms with van der Waals surface area (Å²) in [4.78, 5) is 28.1. The molecule has 0 radical (unpaired) electrons. The average molecular weight is 401 g/mol. The second-order valence-electron chi connectivity index (χ2n) is 8.00. The number of nitrogens with zero attached hydrogens (tertiary/aromatic N) is 7. The first-order chi connectivity index (χ1) is 14.5. The van der Waals surface area contributed by atoms with Crippen molar-refractivity contribution in [3.05, 3.63) is 71.1 Å². The molecule has 0 saturated carbocycles. The Morgan fingerprint density at radius 3 is 2.67 bits per heavy atom. The predicted octanol–water partition coefficient (Wildman–Crippen LogP) is 2.46. The highest BCUT2D eigenvalue weighted by Crippen LogP contribution is 2.34. The fourth-order valence-electron chi connectivity index (χ4n) is 4.21. The maximum Gasteiger partial charge on any atom is 0.256 e. The van der Waals surface area contributed by atoms with Gasteiger partial charge in [-0.3, -0.25) is 9.78 Å². The van der Waals surface area contributed by atoms with Gasteiger partial charge >= 0.3 is 0 Å². The first-order valence-electron chi connectivity index (χ1n) is 10.0. The van der Waals surface area contributed by atoms with Gasteiger partial charge in [0, 0.05) is 37.9 Å². The molecule has 30 heavy (non-hydrogen) atoms. The lowest BCUT2D eigenvalue weighted by Gasteiger charge is -2.22. The second-order valence-corrected chi connectivity index (χ2v) is 8.00. The van der Waals surface area contributed by atoms with E-state index < -0.39 is 0 Å². The van der Waals surface area contributed by atoms with Crippen molar-refractivity contribution >= 4 is 11.7 Å². The van der Waals surface area contributed by atoms with Crippen LogP contribution in [0.4, 0.5) is 5.82 Å². The van der Waals surface area contributed by atoms with Gasteiger partial charge in [-0.1, -0.05) is 11.6 Å². The minimum absolute atomic E-state index is 0.0133. The molecular formula is C22H23N7O. The second kappa shape index (κ2) is 7.05. The van der Waals surface area contributed by atoms with E-state index in [1.165, 1.54) is 10.4 Å². The number of hydrogen-bond acceptors (Lipinski definition) is 6. The number of carbonyl (C=O) groups is 1. The van der Waals surface area contributed by atoms with E-state index in [9.17, 15) is 4.79 Å². The molecule has 3 aromatic rings. The standard InChI is InChI=1S/C22H23N7O/c1-14-4-5-20(29-24-6-7-25-29)19(8-14)22(30)28-12-17-10-27(11-18(17)13-28)21-16(3)23-9-15(2)26-21/h4-10,18H,11-13H2,1-3H3. The van der Waals surface area contributed by atoms with E-state index in [0.717, 1.165) is 29.3 Å². The molecule has 2 aromatic heterocycles. The summed E-state index contributed by atoms with van der Waals surface area (Å²) in [7, 11) is 0. The molecule has 1 atom stereocenters. The van der Waals surface area contributed by atoms with E-state index in [1.54, 1.807) is 18.6 Å². The zero-order valence-corrected chi connectivity index (χ0v) is 17.3. The molecule has 5 rings (SSSR count). The fraction of sp³-hybridized carbons (Fsp3) is 0.318. The molecule has 0 N–H and O–H groups in total. The monoisotopic (exact) mass is 401 g/mol. The van der Waals surface area contributed by atoms with Gasteiger partial charge in [-0.25, -0.2) is 4.98 Å². The van der Waals surface area contributed by atoms with E-state index in [0.29, 0.717) is 30.3 Å². The van der Waals surface area contributed by atoms with Crippen LogP contribution in [-0.4, -0.2) is 55.4 Å². The molecule has 4 heterocycles. The highest BCUT2D eigenvalue weighted by Gasteiger charge is 2.37. The number of anilines is 1. The van der Waals surface area contributed by atoms with Crippen molar-refractivity contribution in [3.63, 3.8) is 0 Å². The molecule has 1 amide bonds. The van der Waals surface area contributed by atoms with Crippen LogP contribution in [0.15, 0.2) is 48.6 Å². The Kier molecular flexibility index (Phi) is 4.34. The summed E-state index contributed by atoms with van der Waals surface area (Å²) < 4.78 is 0. The Morgan fingerprint density at radius 1 is 1.10 bits per heavy atom. The molecule has 152 valence electrons. The molecule has 0 bridgehead atoms. The van der Waals surface area contributed by atoms with Crippen molar-refractivity contribution in [1.29, 1.82) is 0 Å². The van der Waals surface area contributed by atoms with Crippen LogP contribution in [0.2, 0.25) is 0 Å². The van der Waals surface area contributed by atoms with E-state index in [2.05, 4.69) is 31.3 Å². The summed E-state index contributed by atoms with van der Waals surface area (Å²) in [5.74, 6) is 1.23. The average Bonchev–Trinajstić information content (AvgIpc) is 3.45. The number of likely N-dealkylation sites (tertiary alicyclic amines) is 1. The molecule has 0 aliphatic carbocycles. The van der Waals surface area contributed by atoms with Crippen molar-refractivity contribution in [2.24, 2.45) is 5.92 Å². The Bertz CT molecular complexity index is 1150. The summed E-state index contributed by atoms with van der Waals surface area (Å²) >= 11 is 0. The number of aromatic nitrogens is 5. The van der Waals surface area contributed by atoms with Gasteiger partial charge in [0.25, 0.3) is 5.91 Å². The highest BCUT2D eigenvalue weighted by atomic mass is 16.2. The van der Waals surface area contributed by atoms with Gasteiger partial charge in [0.15, 0.2) is 5.82 Å². The van der Waals surface area contributed by atoms with Gasteiger partial charge < -0.3 is 9.80 Å². The normalized spacial score (nSPS) is 18.0. The molecule has 1 fully saturated rings. The lowest BCUT2D eigenvalue weighted by atomic mass is 10.1. The Morgan fingerprint density at radius 2 is 1.90 bits per heavy atom. The van der Waals surface area contributed by atoms with Gasteiger partial charge in [-0.2, -0.15) is 15.0 Å². The van der Waals surface area contributed by atoms with Gasteiger partial charge in [-0.05, 0) is 38.5 Å². The number of aryl methyl sites for hydroxylation is 3. The van der Waals surface area contributed by atoms with Crippen LogP contribution in [0.3, 0.4) is 0 Å². The predicted molar refractivity (Wildman–Crippen MR) is 112 cm³/mol. The number of carbonyl (C=O) groups excluding carboxylic acids is 1. The lowest BCUT2D eigenvalue weighted by Crippen LogP contribution is -2.32. The van der Waals surface area contributed by atoms with Gasteiger partial charge in [-0.15, -0.1) is 0 Å². The quantitative estimate of drug-likeness (QED) is 0.671. The molecule has 1 unspecified atom stereocenters. The van der Waals surface area contributed by atoms with Crippen LogP contribution >= 0.6 is 0 Å². The number of benzene rings is 1. The van der Waals surface area contributed by atoms with Crippen molar-refractivity contribution in [3.8, 4) is 5.69 Å². The minimum atomic E-state index is 0.0133. The van der Waals surface area contributed by atoms with Crippen molar-refractivity contribution < 1.29 is 4.79 Å². The Balaban J connectivity index is 1.40. The third kappa shape index (κ3) is 3.14. The van der Waals surface area contributed by atoms with E-state index in [4.69, 9.17) is 0 Å². The summed E-state index contributed by atoms with van der Waals surface area (Å²) in [5, 5.41) is 8.41. The Hall–Kier alpha value is -3.55. The molecule has 2 aliphatic rings. The molecule has 0 spiro atoms. The van der Waals surface area contributed by atoms with Crippen LogP contribution in [0.5, 0.6) is 0 Å². The van der Waals surface area contributed by atoms with E-state index in [1.807, 2.05) is 43.9 Å². The maximum absolute atomic E-state index is 13.4. The van der Waals surface area contributed by atoms with E-state index in [-0.39, 0.29) is 5.91 Å². The topological polar surface area (TPSA) is 80.0 Å². The lowest BCUT2D eigenvalue weighted by molar-refractivity contribution is 0.0788. The molecular weight excluding hydrogens is 378 g/mol. The van der Waals surface area contributed by atoms with E-state index >= 15 is 0 Å². The SMILES string of the molecule is Cc1ccc(-n2nccn2)c(C(=O)N2CC3=CN(c4nc(C)cnc4C)CC3C2)c1. The maximum atomic E-state index is 13.4. The van der Waals surface area contributed by atoms with Crippen molar-refractivity contribution in [2.75, 3.05) is 24.5 Å². The van der Waals surface area contributed by atoms with Gasteiger partial charge in [0.2, 0.25) is 0 Å². The third-order valence-electron chi connectivity index (χ3n) is 5.70. The molecule has 2 aliphatic heterocycles. The highest BCUT2D eigenvalue weighted by molar-refractivity contribution is 5.98. The van der Waals surface area contributed by atoms with Crippen LogP contribution in [0, 0.1) is 26.7 Å². The Labute approximate surface area is 174 Å². The molecule has 8 nitrogen and oxygen atoms in total. The zero-order valence-electron chi connectivity index (χ0n) is 17.3. The van der Waals surface area contributed by atoms with Crippen LogP contribution < -0.4 is 4.90 Å². The fourth-order valence-corrected chi connectivity index (χ4v) is 4.21. The first kappa shape index (κ1) is 18.5. The number of amides is 1. The van der Waals surface area contributed by atoms with Gasteiger partial charge in [0.1, 0.15) is 0 Å². The van der Waals surface area contributed by atoms with Crippen molar-refractivity contribution in [1.82, 2.24) is 29.9 Å². The number of fused-ring (bicyclic) bond motifs is 1. The van der Waals surface area contributed by atoms with Gasteiger partial charge in [0.05, 0.1) is 35.0 Å². The molecule has 1 saturated heterocycles. The first-order valence-corrected chi connectivity index (χ1v) is 10.0. The summed E-state index contributed by atoms with van der Waals surface area (Å²) in [6, 6.07) is 5.79. The summed E-state index contributed by atoms with van der Waals surface area (Å²) in [5.41, 5.74) is 5.45. The minimum Gasteiger partial charge on any atom is -0.334 e. The zero-order chi connectivity index (χ0) is 20.8. The number of rotatable bonds is 3. The third-order valence-corrected chi connectivity index (χ3v) is 5.70. The largest absolute Gasteiger partial charge is 0.334 e. The summed E-state index contributed by atoms with van der Waals surface area (Å²) in [6.45, 7) is 8.06. The molecule has 1 aromatic carbocycles. The smallest absolute Gasteiger partial charge is 0.256 e. The van der Waals surface area contributed by atoms with Crippen LogP contribution in [0.25, 0.3) is 5.69 Å². The van der Waals surface area contributed by atoms with Crippen molar-refractivity contribution in [2.45, 2.75) is 20.8 Å². The van der Waals surface area contributed by atoms with Crippen LogP contribution in [0.1, 0.15) is 27.3 Å². The van der Waals surface area contributed by atoms with Crippen LogP contribution in [-0.2, 0) is 0 Å².